The van der Waals surface area contributed by atoms with E-state index in [1.54, 1.807) is 12.2 Å². The average molecular weight is 915 g/mol. The van der Waals surface area contributed by atoms with E-state index < -0.39 is 72.3 Å². The molecule has 0 heterocycles. The number of esters is 2. The Balaban J connectivity index is 4.73. The lowest BCUT2D eigenvalue weighted by atomic mass is 10.1. The smallest absolute Gasteiger partial charge is 0.462 e. The molecule has 5 N–H and O–H groups in total. The highest BCUT2D eigenvalue weighted by Crippen LogP contribution is 2.43. The van der Waals surface area contributed by atoms with Crippen molar-refractivity contribution in [2.24, 2.45) is 0 Å². The molecule has 0 aromatic rings. The van der Waals surface area contributed by atoms with Crippen LogP contribution in [0.3, 0.4) is 0 Å². The zero-order chi connectivity index (χ0) is 46.0. The standard InChI is InChI=1S/C46H76O14P2/c1-3-5-7-9-11-12-13-14-15-16-17-18-19-20-25-29-33-37-46(50)60-44(41-59-62(54,55)58-39-43(48)38-57-61(51,52)53)40-56-45(49)36-32-28-24-22-21-23-27-31-35-42(47)34-30-26-10-8-6-4-2/h6,8,11-12,14-15,17-18,22-24,26-27,30-31,35,42-44,47-48H,3-5,7,9-10,13,16,19-21,25,28-29,32-34,36-41H2,1-2H3,(H,54,55)(H2,51,52,53)/b8-6-,12-11-,15-14-,18-17-,24-22-,27-23-,30-26-,35-31+/t42?,43-,44+/m0/s1. The fraction of sp³-hybridized carbons (Fsp3) is 0.609. The molecule has 0 aliphatic carbocycles. The molecule has 14 nitrogen and oxygen atoms in total. The Labute approximate surface area is 371 Å². The third kappa shape index (κ3) is 43.6. The molecule has 0 saturated heterocycles. The second kappa shape index (κ2) is 40.8. The summed E-state index contributed by atoms with van der Waals surface area (Å²) in [5.74, 6) is -1.17. The topological polar surface area (TPSA) is 216 Å². The van der Waals surface area contributed by atoms with Crippen molar-refractivity contribution in [3.63, 3.8) is 0 Å². The van der Waals surface area contributed by atoms with Crippen LogP contribution in [0.4, 0.5) is 0 Å². The third-order valence-electron chi connectivity index (χ3n) is 8.53. The normalized spacial score (nSPS) is 15.4. The minimum absolute atomic E-state index is 0.0740. The summed E-state index contributed by atoms with van der Waals surface area (Å²) in [4.78, 5) is 52.7. The van der Waals surface area contributed by atoms with Gasteiger partial charge in [0.25, 0.3) is 0 Å². The van der Waals surface area contributed by atoms with Gasteiger partial charge in [-0.15, -0.1) is 0 Å². The van der Waals surface area contributed by atoms with Crippen LogP contribution in [0.1, 0.15) is 136 Å². The molecule has 2 unspecified atom stereocenters. The molecule has 0 fully saturated rings. The van der Waals surface area contributed by atoms with E-state index >= 15 is 0 Å². The minimum Gasteiger partial charge on any atom is -0.462 e. The van der Waals surface area contributed by atoms with Crippen LogP contribution < -0.4 is 0 Å². The lowest BCUT2D eigenvalue weighted by molar-refractivity contribution is -0.161. The van der Waals surface area contributed by atoms with Gasteiger partial charge in [0.1, 0.15) is 12.7 Å². The molecule has 0 spiro atoms. The summed E-state index contributed by atoms with van der Waals surface area (Å²) >= 11 is 0. The first-order chi connectivity index (χ1) is 29.8. The highest BCUT2D eigenvalue weighted by molar-refractivity contribution is 7.47. The van der Waals surface area contributed by atoms with Crippen molar-refractivity contribution in [2.45, 2.75) is 154 Å². The van der Waals surface area contributed by atoms with E-state index in [9.17, 15) is 33.8 Å². The lowest BCUT2D eigenvalue weighted by Gasteiger charge is -2.20. The molecular formula is C46H76O14P2. The second-order valence-corrected chi connectivity index (χ2v) is 17.1. The van der Waals surface area contributed by atoms with Gasteiger partial charge < -0.3 is 34.4 Å². The van der Waals surface area contributed by atoms with E-state index in [1.807, 2.05) is 36.5 Å². The number of unbranched alkanes of at least 4 members (excludes halogenated alkanes) is 8. The molecule has 16 heteroatoms. The Kier molecular flexibility index (Phi) is 38.8. The monoisotopic (exact) mass is 914 g/mol. The van der Waals surface area contributed by atoms with Crippen molar-refractivity contribution in [3.05, 3.63) is 97.2 Å². The maximum absolute atomic E-state index is 12.7. The van der Waals surface area contributed by atoms with Gasteiger partial charge in [0.05, 0.1) is 25.9 Å². The van der Waals surface area contributed by atoms with Crippen LogP contribution in [0.5, 0.6) is 0 Å². The molecule has 0 radical (unpaired) electrons. The largest absolute Gasteiger partial charge is 0.472 e. The quantitative estimate of drug-likeness (QED) is 0.0127. The number of hydrogen-bond acceptors (Lipinski definition) is 11. The lowest BCUT2D eigenvalue weighted by Crippen LogP contribution is -2.30. The molecule has 62 heavy (non-hydrogen) atoms. The summed E-state index contributed by atoms with van der Waals surface area (Å²) < 4.78 is 47.7. The molecule has 0 aromatic heterocycles. The molecule has 0 amide bonds. The number of aliphatic hydroxyl groups is 2. The average Bonchev–Trinajstić information content (AvgIpc) is 3.23. The van der Waals surface area contributed by atoms with Gasteiger partial charge in [0.2, 0.25) is 0 Å². The number of phosphoric acid groups is 2. The molecule has 0 rings (SSSR count). The SMILES string of the molecule is CC/C=C\C/C=C\CC(O)/C=C/C=C\C/C=C\CCCC(=O)OC[C@H](COP(=O)(O)OC[C@@H](O)COP(=O)(O)O)OC(=O)CCCCCC/C=C\C/C=C\C/C=C\CCCCC. The van der Waals surface area contributed by atoms with Crippen molar-refractivity contribution in [1.82, 2.24) is 0 Å². The first-order valence-electron chi connectivity index (χ1n) is 22.0. The summed E-state index contributed by atoms with van der Waals surface area (Å²) in [5.41, 5.74) is 0. The fourth-order valence-corrected chi connectivity index (χ4v) is 6.33. The van der Waals surface area contributed by atoms with Crippen LogP contribution in [-0.2, 0) is 41.8 Å². The number of allylic oxidation sites excluding steroid dienone is 14. The van der Waals surface area contributed by atoms with Crippen molar-refractivity contribution in [3.8, 4) is 0 Å². The molecular weight excluding hydrogens is 838 g/mol. The summed E-state index contributed by atoms with van der Waals surface area (Å²) in [6.07, 6.45) is 44.3. The van der Waals surface area contributed by atoms with Crippen LogP contribution in [0.15, 0.2) is 97.2 Å². The Hall–Kier alpha value is -3.00. The highest BCUT2D eigenvalue weighted by Gasteiger charge is 2.28. The van der Waals surface area contributed by atoms with Gasteiger partial charge >= 0.3 is 27.6 Å². The number of aliphatic hydroxyl groups excluding tert-OH is 2. The van der Waals surface area contributed by atoms with E-state index in [2.05, 4.69) is 71.5 Å². The number of rotatable bonds is 40. The fourth-order valence-electron chi connectivity index (χ4n) is 5.18. The number of carbonyl (C=O) groups excluding carboxylic acids is 2. The maximum atomic E-state index is 12.7. The third-order valence-corrected chi connectivity index (χ3v) is 9.96. The van der Waals surface area contributed by atoms with E-state index in [1.165, 1.54) is 19.3 Å². The van der Waals surface area contributed by atoms with Crippen molar-refractivity contribution >= 4 is 27.6 Å². The molecule has 0 aliphatic heterocycles. The number of hydrogen-bond donors (Lipinski definition) is 5. The van der Waals surface area contributed by atoms with Crippen molar-refractivity contribution < 1.29 is 66.7 Å². The van der Waals surface area contributed by atoms with Crippen LogP contribution in [0.2, 0.25) is 0 Å². The van der Waals surface area contributed by atoms with Gasteiger partial charge in [0.15, 0.2) is 6.10 Å². The van der Waals surface area contributed by atoms with Crippen molar-refractivity contribution in [2.75, 3.05) is 26.4 Å². The van der Waals surface area contributed by atoms with Gasteiger partial charge in [0, 0.05) is 12.8 Å². The van der Waals surface area contributed by atoms with Crippen LogP contribution in [-0.4, -0.2) is 81.6 Å². The maximum Gasteiger partial charge on any atom is 0.472 e. The van der Waals surface area contributed by atoms with Gasteiger partial charge in [-0.2, -0.15) is 0 Å². The van der Waals surface area contributed by atoms with Crippen LogP contribution in [0.25, 0.3) is 0 Å². The van der Waals surface area contributed by atoms with E-state index in [0.29, 0.717) is 32.1 Å². The van der Waals surface area contributed by atoms with Gasteiger partial charge in [-0.05, 0) is 83.5 Å². The van der Waals surface area contributed by atoms with Crippen molar-refractivity contribution in [1.29, 1.82) is 0 Å². The number of ether oxygens (including phenoxy) is 2. The Morgan fingerprint density at radius 1 is 0.548 bits per heavy atom. The molecule has 4 atom stereocenters. The molecule has 0 saturated carbocycles. The van der Waals surface area contributed by atoms with Gasteiger partial charge in [-0.1, -0.05) is 137 Å². The number of carbonyl (C=O) groups is 2. The first-order valence-corrected chi connectivity index (χ1v) is 25.1. The predicted octanol–water partition coefficient (Wildman–Crippen LogP) is 10.3. The Morgan fingerprint density at radius 2 is 1.08 bits per heavy atom. The first kappa shape index (κ1) is 59.0. The van der Waals surface area contributed by atoms with Gasteiger partial charge in [-0.3, -0.25) is 23.2 Å². The summed E-state index contributed by atoms with van der Waals surface area (Å²) in [5, 5.41) is 19.8. The Morgan fingerprint density at radius 3 is 1.73 bits per heavy atom. The number of phosphoric ester groups is 2. The molecule has 354 valence electrons. The van der Waals surface area contributed by atoms with Crippen LogP contribution in [0, 0.1) is 0 Å². The molecule has 0 aliphatic rings. The van der Waals surface area contributed by atoms with E-state index in [4.69, 9.17) is 23.8 Å². The van der Waals surface area contributed by atoms with Crippen LogP contribution >= 0.6 is 15.6 Å². The summed E-state index contributed by atoms with van der Waals surface area (Å²) in [6.45, 7) is 1.42. The Bertz CT molecular complexity index is 1480. The minimum atomic E-state index is -4.88. The van der Waals surface area contributed by atoms with Gasteiger partial charge in [-0.25, -0.2) is 9.13 Å². The molecule has 0 aromatic carbocycles. The molecule has 0 bridgehead atoms. The second-order valence-electron chi connectivity index (χ2n) is 14.4. The highest BCUT2D eigenvalue weighted by atomic mass is 31.2. The predicted molar refractivity (Wildman–Crippen MR) is 245 cm³/mol. The zero-order valence-corrected chi connectivity index (χ0v) is 38.8. The van der Waals surface area contributed by atoms with E-state index in [-0.39, 0.29) is 12.8 Å². The summed E-state index contributed by atoms with van der Waals surface area (Å²) in [7, 11) is -9.73. The van der Waals surface area contributed by atoms with E-state index in [0.717, 1.165) is 57.8 Å². The zero-order valence-electron chi connectivity index (χ0n) is 37.0. The summed E-state index contributed by atoms with van der Waals surface area (Å²) in [6, 6.07) is 0.